The Bertz CT molecular complexity index is 302. The molecule has 6 heteroatoms. The van der Waals surface area contributed by atoms with Crippen molar-refractivity contribution < 1.29 is 19.5 Å². The lowest BCUT2D eigenvalue weighted by molar-refractivity contribution is -0.136. The molecule has 0 bridgehead atoms. The van der Waals surface area contributed by atoms with Crippen LogP contribution in [0.15, 0.2) is 0 Å². The molecule has 104 valence electrons. The number of hydrogen-bond acceptors (Lipinski definition) is 4. The molecule has 18 heavy (non-hydrogen) atoms. The topological polar surface area (TPSA) is 95.5 Å². The summed E-state index contributed by atoms with van der Waals surface area (Å²) in [7, 11) is 0. The predicted molar refractivity (Wildman–Crippen MR) is 67.2 cm³/mol. The van der Waals surface area contributed by atoms with Crippen molar-refractivity contribution in [2.45, 2.75) is 39.7 Å². The van der Waals surface area contributed by atoms with Gasteiger partial charge in [-0.2, -0.15) is 0 Å². The molecule has 6 nitrogen and oxygen atoms in total. The number of carboxylic acid groups (broad SMARTS) is 1. The minimum atomic E-state index is -1.000. The van der Waals surface area contributed by atoms with Crippen molar-refractivity contribution in [3.05, 3.63) is 0 Å². The Morgan fingerprint density at radius 1 is 1.22 bits per heavy atom. The van der Waals surface area contributed by atoms with Crippen molar-refractivity contribution >= 4 is 17.7 Å². The van der Waals surface area contributed by atoms with Gasteiger partial charge in [0.15, 0.2) is 0 Å². The Morgan fingerprint density at radius 3 is 2.28 bits per heavy atom. The fourth-order valence-electron chi connectivity index (χ4n) is 1.45. The first-order valence-electron chi connectivity index (χ1n) is 6.05. The number of Topliss-reactive ketones (excluding diaryl/α,β-unsaturated/α-hetero) is 1. The third-order valence-corrected chi connectivity index (χ3v) is 2.30. The Kier molecular flexibility index (Phi) is 7.94. The summed E-state index contributed by atoms with van der Waals surface area (Å²) >= 11 is 0. The first kappa shape index (κ1) is 16.6. The van der Waals surface area contributed by atoms with Gasteiger partial charge in [0.05, 0.1) is 12.6 Å². The number of hydrogen-bond donors (Lipinski definition) is 3. The maximum Gasteiger partial charge on any atom is 0.317 e. The number of carbonyl (C=O) groups excluding carboxylic acids is 2. The molecule has 3 N–H and O–H groups in total. The Balaban J connectivity index is 4.21. The molecular weight excluding hydrogens is 236 g/mol. The first-order chi connectivity index (χ1) is 8.32. The van der Waals surface area contributed by atoms with E-state index < -0.39 is 12.0 Å². The number of carboxylic acids is 1. The molecule has 0 aliphatic rings. The molecule has 1 unspecified atom stereocenters. The molecule has 0 heterocycles. The van der Waals surface area contributed by atoms with Crippen LogP contribution in [0.4, 0.5) is 0 Å². The minimum absolute atomic E-state index is 0.00852. The highest BCUT2D eigenvalue weighted by Gasteiger charge is 2.19. The zero-order chi connectivity index (χ0) is 14.1. The standard InChI is InChI=1S/C12H22N2O4/c1-8(2)6-10(14-7-11(16)17)12(18)13-5-4-9(3)15/h8,10,14H,4-7H2,1-3H3,(H,13,18)(H,16,17). The van der Waals surface area contributed by atoms with Crippen molar-refractivity contribution in [1.82, 2.24) is 10.6 Å². The second-order valence-electron chi connectivity index (χ2n) is 4.70. The van der Waals surface area contributed by atoms with E-state index in [1.165, 1.54) is 6.92 Å². The highest BCUT2D eigenvalue weighted by Crippen LogP contribution is 2.04. The Morgan fingerprint density at radius 2 is 1.83 bits per heavy atom. The van der Waals surface area contributed by atoms with Crippen LogP contribution >= 0.6 is 0 Å². The van der Waals surface area contributed by atoms with Gasteiger partial charge in [-0.25, -0.2) is 0 Å². The van der Waals surface area contributed by atoms with E-state index in [4.69, 9.17) is 5.11 Å². The highest BCUT2D eigenvalue weighted by molar-refractivity contribution is 5.83. The van der Waals surface area contributed by atoms with E-state index in [0.717, 1.165) is 0 Å². The molecule has 0 saturated carbocycles. The number of aliphatic carboxylic acids is 1. The first-order valence-corrected chi connectivity index (χ1v) is 6.05. The van der Waals surface area contributed by atoms with E-state index in [-0.39, 0.29) is 30.7 Å². The number of carbonyl (C=O) groups is 3. The zero-order valence-corrected chi connectivity index (χ0v) is 11.2. The van der Waals surface area contributed by atoms with Gasteiger partial charge in [0.1, 0.15) is 5.78 Å². The molecule has 0 aromatic heterocycles. The number of amides is 1. The molecule has 0 aliphatic carbocycles. The largest absolute Gasteiger partial charge is 0.480 e. The van der Waals surface area contributed by atoms with Crippen LogP contribution in [0.2, 0.25) is 0 Å². The van der Waals surface area contributed by atoms with Gasteiger partial charge in [0.2, 0.25) is 5.91 Å². The second kappa shape index (κ2) is 8.63. The monoisotopic (exact) mass is 258 g/mol. The quantitative estimate of drug-likeness (QED) is 0.548. The van der Waals surface area contributed by atoms with Crippen LogP contribution in [0.1, 0.15) is 33.6 Å². The summed E-state index contributed by atoms with van der Waals surface area (Å²) in [6, 6.07) is -0.534. The van der Waals surface area contributed by atoms with Crippen molar-refractivity contribution in [3.8, 4) is 0 Å². The van der Waals surface area contributed by atoms with Crippen LogP contribution in [0.5, 0.6) is 0 Å². The molecule has 0 aromatic carbocycles. The maximum absolute atomic E-state index is 11.8. The predicted octanol–water partition coefficient (Wildman–Crippen LogP) is 0.171. The molecule has 0 aromatic rings. The zero-order valence-electron chi connectivity index (χ0n) is 11.2. The third-order valence-electron chi connectivity index (χ3n) is 2.30. The lowest BCUT2D eigenvalue weighted by Crippen LogP contribution is -2.47. The summed E-state index contributed by atoms with van der Waals surface area (Å²) in [5.41, 5.74) is 0. The Hall–Kier alpha value is -1.43. The molecule has 0 saturated heterocycles. The molecular formula is C12H22N2O4. The van der Waals surface area contributed by atoms with Gasteiger partial charge in [-0.1, -0.05) is 13.8 Å². The van der Waals surface area contributed by atoms with Crippen molar-refractivity contribution in [3.63, 3.8) is 0 Å². The molecule has 0 rings (SSSR count). The SMILES string of the molecule is CC(=O)CCNC(=O)C(CC(C)C)NCC(=O)O. The molecule has 1 amide bonds. The van der Waals surface area contributed by atoms with Gasteiger partial charge >= 0.3 is 5.97 Å². The van der Waals surface area contributed by atoms with E-state index >= 15 is 0 Å². The Labute approximate surface area is 107 Å². The smallest absolute Gasteiger partial charge is 0.317 e. The van der Waals surface area contributed by atoms with Crippen molar-refractivity contribution in [2.24, 2.45) is 5.92 Å². The molecule has 0 aliphatic heterocycles. The van der Waals surface area contributed by atoms with Crippen LogP contribution in [0, 0.1) is 5.92 Å². The highest BCUT2D eigenvalue weighted by atomic mass is 16.4. The molecule has 0 spiro atoms. The second-order valence-corrected chi connectivity index (χ2v) is 4.70. The fraction of sp³-hybridized carbons (Fsp3) is 0.750. The van der Waals surface area contributed by atoms with Crippen LogP contribution in [0.25, 0.3) is 0 Å². The lowest BCUT2D eigenvalue weighted by Gasteiger charge is -2.19. The van der Waals surface area contributed by atoms with Gasteiger partial charge in [0.25, 0.3) is 0 Å². The number of nitrogens with one attached hydrogen (secondary N) is 2. The molecule has 0 fully saturated rings. The summed E-state index contributed by atoms with van der Waals surface area (Å²) < 4.78 is 0. The van der Waals surface area contributed by atoms with E-state index in [1.807, 2.05) is 13.8 Å². The van der Waals surface area contributed by atoms with E-state index in [9.17, 15) is 14.4 Å². The lowest BCUT2D eigenvalue weighted by atomic mass is 10.0. The van der Waals surface area contributed by atoms with E-state index in [1.54, 1.807) is 0 Å². The van der Waals surface area contributed by atoms with Crippen LogP contribution in [0.3, 0.4) is 0 Å². The van der Waals surface area contributed by atoms with Crippen LogP contribution in [-0.2, 0) is 14.4 Å². The number of ketones is 1. The van der Waals surface area contributed by atoms with Crippen LogP contribution in [-0.4, -0.2) is 41.9 Å². The molecule has 1 atom stereocenters. The normalized spacial score (nSPS) is 12.2. The van der Waals surface area contributed by atoms with Crippen molar-refractivity contribution in [1.29, 1.82) is 0 Å². The van der Waals surface area contributed by atoms with Gasteiger partial charge < -0.3 is 10.4 Å². The fourth-order valence-corrected chi connectivity index (χ4v) is 1.45. The summed E-state index contributed by atoms with van der Waals surface area (Å²) in [4.78, 5) is 33.0. The van der Waals surface area contributed by atoms with E-state index in [0.29, 0.717) is 12.8 Å². The summed E-state index contributed by atoms with van der Waals surface area (Å²) in [6.45, 7) is 5.41. The average Bonchev–Trinajstić information content (AvgIpc) is 2.22. The third kappa shape index (κ3) is 8.69. The van der Waals surface area contributed by atoms with Crippen molar-refractivity contribution in [2.75, 3.05) is 13.1 Å². The number of rotatable bonds is 9. The maximum atomic E-state index is 11.8. The summed E-state index contributed by atoms with van der Waals surface area (Å²) in [5.74, 6) is -0.976. The summed E-state index contributed by atoms with van der Waals surface area (Å²) in [5, 5.41) is 13.9. The minimum Gasteiger partial charge on any atom is -0.480 e. The van der Waals surface area contributed by atoms with Gasteiger partial charge in [-0.15, -0.1) is 0 Å². The van der Waals surface area contributed by atoms with Gasteiger partial charge in [-0.05, 0) is 19.3 Å². The molecule has 0 radical (unpaired) electrons. The van der Waals surface area contributed by atoms with Gasteiger partial charge in [0, 0.05) is 13.0 Å². The average molecular weight is 258 g/mol. The summed E-state index contributed by atoms with van der Waals surface area (Å²) in [6.07, 6.45) is 0.845. The van der Waals surface area contributed by atoms with Crippen LogP contribution < -0.4 is 10.6 Å². The van der Waals surface area contributed by atoms with Gasteiger partial charge in [-0.3, -0.25) is 19.7 Å². The van der Waals surface area contributed by atoms with E-state index in [2.05, 4.69) is 10.6 Å².